The summed E-state index contributed by atoms with van der Waals surface area (Å²) in [6.07, 6.45) is 2.19. The lowest BCUT2D eigenvalue weighted by molar-refractivity contribution is 0.109. The summed E-state index contributed by atoms with van der Waals surface area (Å²) < 4.78 is 0. The van der Waals surface area contributed by atoms with Gasteiger partial charge in [-0.3, -0.25) is 0 Å². The van der Waals surface area contributed by atoms with Crippen molar-refractivity contribution in [2.45, 2.75) is 45.3 Å². The Kier molecular flexibility index (Phi) is 4.83. The molecule has 2 atom stereocenters. The van der Waals surface area contributed by atoms with Gasteiger partial charge in [0.15, 0.2) is 0 Å². The van der Waals surface area contributed by atoms with Crippen LogP contribution in [0.4, 0.5) is 5.69 Å². The van der Waals surface area contributed by atoms with Crippen LogP contribution in [0.25, 0.3) is 0 Å². The van der Waals surface area contributed by atoms with Crippen molar-refractivity contribution in [3.05, 3.63) is 29.8 Å². The molecule has 0 bridgehead atoms. The summed E-state index contributed by atoms with van der Waals surface area (Å²) >= 11 is 0. The summed E-state index contributed by atoms with van der Waals surface area (Å²) in [6, 6.07) is 8.13. The maximum Gasteiger partial charge on any atom is 0.0807 e. The monoisotopic (exact) mass is 263 g/mol. The quantitative estimate of drug-likeness (QED) is 0.878. The molecule has 1 fully saturated rings. The van der Waals surface area contributed by atoms with Gasteiger partial charge in [0, 0.05) is 24.3 Å². The van der Waals surface area contributed by atoms with Gasteiger partial charge in [0.1, 0.15) is 0 Å². The van der Waals surface area contributed by atoms with Crippen molar-refractivity contribution in [1.29, 1.82) is 0 Å². The van der Waals surface area contributed by atoms with Crippen molar-refractivity contribution >= 4 is 5.69 Å². The molecule has 0 saturated carbocycles. The number of para-hydroxylation sites is 1. The van der Waals surface area contributed by atoms with E-state index in [2.05, 4.69) is 11.0 Å². The molecule has 1 aliphatic rings. The molecule has 19 heavy (non-hydrogen) atoms. The number of rotatable bonds is 4. The summed E-state index contributed by atoms with van der Waals surface area (Å²) in [6.45, 7) is 5.81. The van der Waals surface area contributed by atoms with Crippen LogP contribution < -0.4 is 4.90 Å². The first-order chi connectivity index (χ1) is 9.13. The number of anilines is 1. The van der Waals surface area contributed by atoms with Gasteiger partial charge in [-0.1, -0.05) is 25.1 Å². The number of hydrogen-bond donors (Lipinski definition) is 2. The number of piperidine rings is 1. The molecule has 0 spiro atoms. The molecule has 1 unspecified atom stereocenters. The zero-order chi connectivity index (χ0) is 13.8. The van der Waals surface area contributed by atoms with Gasteiger partial charge in [0.2, 0.25) is 0 Å². The molecular weight excluding hydrogens is 238 g/mol. The molecule has 1 aromatic carbocycles. The summed E-state index contributed by atoms with van der Waals surface area (Å²) in [7, 11) is 0. The predicted molar refractivity (Wildman–Crippen MR) is 78.3 cm³/mol. The highest BCUT2D eigenvalue weighted by Gasteiger charge is 2.24. The Morgan fingerprint density at radius 3 is 2.42 bits per heavy atom. The normalized spacial score (nSPS) is 20.3. The first kappa shape index (κ1) is 14.4. The van der Waals surface area contributed by atoms with Gasteiger partial charge in [-0.25, -0.2) is 0 Å². The highest BCUT2D eigenvalue weighted by molar-refractivity contribution is 5.54. The first-order valence-corrected chi connectivity index (χ1v) is 7.33. The molecule has 3 heteroatoms. The lowest BCUT2D eigenvalue weighted by atomic mass is 9.91. The standard InChI is InChI=1S/C16H25NO2/c1-3-16(19)14-6-4-5-7-15(14)17-10-8-13(9-11-17)12(2)18/h4-7,12-13,16,18-19H,3,8-11H2,1-2H3/t12?,16-/m1/s1. The van der Waals surface area contributed by atoms with Crippen LogP contribution in [0.2, 0.25) is 0 Å². The van der Waals surface area contributed by atoms with E-state index in [1.54, 1.807) is 0 Å². The van der Waals surface area contributed by atoms with Crippen molar-refractivity contribution < 1.29 is 10.2 Å². The fraction of sp³-hybridized carbons (Fsp3) is 0.625. The Bertz CT molecular complexity index is 397. The molecule has 1 aromatic rings. The van der Waals surface area contributed by atoms with E-state index in [0.717, 1.165) is 43.6 Å². The van der Waals surface area contributed by atoms with Crippen LogP contribution in [0.3, 0.4) is 0 Å². The highest BCUT2D eigenvalue weighted by atomic mass is 16.3. The molecule has 2 rings (SSSR count). The van der Waals surface area contributed by atoms with Gasteiger partial charge in [-0.2, -0.15) is 0 Å². The van der Waals surface area contributed by atoms with Crippen molar-refractivity contribution in [3.63, 3.8) is 0 Å². The van der Waals surface area contributed by atoms with Gasteiger partial charge >= 0.3 is 0 Å². The smallest absolute Gasteiger partial charge is 0.0807 e. The molecule has 1 saturated heterocycles. The second-order valence-electron chi connectivity index (χ2n) is 5.55. The maximum atomic E-state index is 10.1. The number of aliphatic hydroxyl groups is 2. The molecule has 1 heterocycles. The van der Waals surface area contributed by atoms with Crippen molar-refractivity contribution in [3.8, 4) is 0 Å². The summed E-state index contributed by atoms with van der Waals surface area (Å²) in [5.74, 6) is 0.416. The number of aliphatic hydroxyl groups excluding tert-OH is 2. The Balaban J connectivity index is 2.11. The van der Waals surface area contributed by atoms with Gasteiger partial charge in [-0.15, -0.1) is 0 Å². The van der Waals surface area contributed by atoms with Crippen molar-refractivity contribution in [1.82, 2.24) is 0 Å². The third kappa shape index (κ3) is 3.28. The zero-order valence-corrected chi connectivity index (χ0v) is 11.9. The number of nitrogens with zero attached hydrogens (tertiary/aromatic N) is 1. The molecular formula is C16H25NO2. The average Bonchev–Trinajstić information content (AvgIpc) is 2.46. The van der Waals surface area contributed by atoms with E-state index in [9.17, 15) is 10.2 Å². The van der Waals surface area contributed by atoms with E-state index in [4.69, 9.17) is 0 Å². The minimum Gasteiger partial charge on any atom is -0.393 e. The lowest BCUT2D eigenvalue weighted by Gasteiger charge is -2.36. The van der Waals surface area contributed by atoms with Crippen molar-refractivity contribution in [2.24, 2.45) is 5.92 Å². The maximum absolute atomic E-state index is 10.1. The number of benzene rings is 1. The second kappa shape index (κ2) is 6.40. The van der Waals surface area contributed by atoms with Gasteiger partial charge in [0.05, 0.1) is 12.2 Å². The second-order valence-corrected chi connectivity index (χ2v) is 5.55. The fourth-order valence-corrected chi connectivity index (χ4v) is 2.90. The number of hydrogen-bond acceptors (Lipinski definition) is 3. The van der Waals surface area contributed by atoms with Crippen LogP contribution in [0, 0.1) is 5.92 Å². The first-order valence-electron chi connectivity index (χ1n) is 7.33. The van der Waals surface area contributed by atoms with E-state index < -0.39 is 0 Å². The third-order valence-electron chi connectivity index (χ3n) is 4.24. The molecule has 0 radical (unpaired) electrons. The zero-order valence-electron chi connectivity index (χ0n) is 11.9. The minimum atomic E-state index is -0.384. The lowest BCUT2D eigenvalue weighted by Crippen LogP contribution is -2.37. The molecule has 0 aliphatic carbocycles. The Hall–Kier alpha value is -1.06. The van der Waals surface area contributed by atoms with E-state index in [-0.39, 0.29) is 12.2 Å². The summed E-state index contributed by atoms with van der Waals surface area (Å²) in [5, 5.41) is 19.8. The highest BCUT2D eigenvalue weighted by Crippen LogP contribution is 2.31. The van der Waals surface area contributed by atoms with Crippen molar-refractivity contribution in [2.75, 3.05) is 18.0 Å². The van der Waals surface area contributed by atoms with E-state index in [1.807, 2.05) is 32.0 Å². The van der Waals surface area contributed by atoms with Crippen LogP contribution in [-0.4, -0.2) is 29.4 Å². The fourth-order valence-electron chi connectivity index (χ4n) is 2.90. The molecule has 0 aromatic heterocycles. The summed E-state index contributed by atoms with van der Waals surface area (Å²) in [4.78, 5) is 2.34. The van der Waals surface area contributed by atoms with E-state index in [1.165, 1.54) is 0 Å². The predicted octanol–water partition coefficient (Wildman–Crippen LogP) is 2.73. The minimum absolute atomic E-state index is 0.210. The van der Waals surface area contributed by atoms with Crippen LogP contribution in [0.15, 0.2) is 24.3 Å². The summed E-state index contributed by atoms with van der Waals surface area (Å²) in [5.41, 5.74) is 2.18. The molecule has 1 aliphatic heterocycles. The molecule has 3 nitrogen and oxygen atoms in total. The van der Waals surface area contributed by atoms with Gasteiger partial charge in [-0.05, 0) is 38.2 Å². The van der Waals surface area contributed by atoms with E-state index >= 15 is 0 Å². The van der Waals surface area contributed by atoms with Crippen LogP contribution in [0.5, 0.6) is 0 Å². The van der Waals surface area contributed by atoms with Gasteiger partial charge < -0.3 is 15.1 Å². The van der Waals surface area contributed by atoms with E-state index in [0.29, 0.717) is 5.92 Å². The largest absolute Gasteiger partial charge is 0.393 e. The molecule has 2 N–H and O–H groups in total. The van der Waals surface area contributed by atoms with Gasteiger partial charge in [0.25, 0.3) is 0 Å². The topological polar surface area (TPSA) is 43.7 Å². The average molecular weight is 263 g/mol. The Morgan fingerprint density at radius 1 is 1.21 bits per heavy atom. The Labute approximate surface area is 115 Å². The Morgan fingerprint density at radius 2 is 1.84 bits per heavy atom. The molecule has 106 valence electrons. The van der Waals surface area contributed by atoms with Crippen LogP contribution in [-0.2, 0) is 0 Å². The SMILES string of the molecule is CC[C@@H](O)c1ccccc1N1CCC(C(C)O)CC1. The van der Waals surface area contributed by atoms with Crippen LogP contribution >= 0.6 is 0 Å². The third-order valence-corrected chi connectivity index (χ3v) is 4.24. The molecule has 0 amide bonds. The van der Waals surface area contributed by atoms with Crippen LogP contribution in [0.1, 0.15) is 44.8 Å².